The van der Waals surface area contributed by atoms with Crippen molar-refractivity contribution in [2.24, 2.45) is 0 Å². The van der Waals surface area contributed by atoms with Gasteiger partial charge in [-0.3, -0.25) is 0 Å². The summed E-state index contributed by atoms with van der Waals surface area (Å²) in [6, 6.07) is 13.1. The molecule has 1 heterocycles. The molecule has 0 saturated heterocycles. The standard InChI is InChI=1S/C23H20F2N2O2S/c1-15(2)22-20(5-4-14-26)21(16-6-10-18(24)11-7-16)23(27(22)30(3,28)29)17-8-12-19(25)13-9-17/h4-13,15H,1-3H3/b5-4+. The van der Waals surface area contributed by atoms with Crippen molar-refractivity contribution >= 4 is 16.1 Å². The Morgan fingerprint density at radius 3 is 1.90 bits per heavy atom. The molecule has 4 nitrogen and oxygen atoms in total. The van der Waals surface area contributed by atoms with Crippen LogP contribution in [0, 0.1) is 23.0 Å². The number of rotatable bonds is 5. The summed E-state index contributed by atoms with van der Waals surface area (Å²) in [6.07, 6.45) is 3.93. The van der Waals surface area contributed by atoms with Crippen LogP contribution in [0.1, 0.15) is 31.0 Å². The van der Waals surface area contributed by atoms with Gasteiger partial charge < -0.3 is 0 Å². The van der Waals surface area contributed by atoms with Gasteiger partial charge in [0.1, 0.15) is 11.6 Å². The molecular formula is C23H20F2N2O2S. The highest BCUT2D eigenvalue weighted by Crippen LogP contribution is 2.43. The number of allylic oxidation sites excluding steroid dienone is 1. The topological polar surface area (TPSA) is 62.9 Å². The molecule has 0 fully saturated rings. The molecule has 0 spiro atoms. The van der Waals surface area contributed by atoms with Crippen LogP contribution in [-0.2, 0) is 10.0 Å². The first-order valence-corrected chi connectivity index (χ1v) is 11.1. The lowest BCUT2D eigenvalue weighted by Gasteiger charge is -2.15. The molecule has 0 bridgehead atoms. The van der Waals surface area contributed by atoms with Gasteiger partial charge in [0.05, 0.1) is 18.0 Å². The summed E-state index contributed by atoms with van der Waals surface area (Å²) in [5, 5.41) is 9.09. The van der Waals surface area contributed by atoms with E-state index in [0.29, 0.717) is 33.6 Å². The normalized spacial score (nSPS) is 11.9. The van der Waals surface area contributed by atoms with Gasteiger partial charge >= 0.3 is 0 Å². The number of aromatic nitrogens is 1. The maximum Gasteiger partial charge on any atom is 0.236 e. The van der Waals surface area contributed by atoms with Crippen LogP contribution in [-0.4, -0.2) is 18.6 Å². The molecule has 0 amide bonds. The smallest absolute Gasteiger partial charge is 0.236 e. The molecule has 0 aliphatic rings. The molecule has 0 aliphatic carbocycles. The minimum atomic E-state index is -3.78. The zero-order valence-corrected chi connectivity index (χ0v) is 17.5. The predicted octanol–water partition coefficient (Wildman–Crippen LogP) is 5.57. The van der Waals surface area contributed by atoms with Gasteiger partial charge in [-0.15, -0.1) is 0 Å². The second-order valence-corrected chi connectivity index (χ2v) is 9.01. The molecule has 3 rings (SSSR count). The Bertz CT molecular complexity index is 1250. The van der Waals surface area contributed by atoms with Crippen LogP contribution in [0.5, 0.6) is 0 Å². The molecule has 2 aromatic carbocycles. The largest absolute Gasteiger partial charge is 0.241 e. The molecule has 0 atom stereocenters. The zero-order valence-electron chi connectivity index (χ0n) is 16.7. The quantitative estimate of drug-likeness (QED) is 0.501. The van der Waals surface area contributed by atoms with E-state index >= 15 is 0 Å². The lowest BCUT2D eigenvalue weighted by Crippen LogP contribution is -2.16. The highest BCUT2D eigenvalue weighted by molar-refractivity contribution is 7.89. The van der Waals surface area contributed by atoms with E-state index in [1.807, 2.05) is 19.9 Å². The van der Waals surface area contributed by atoms with E-state index < -0.39 is 21.7 Å². The third kappa shape index (κ3) is 4.05. The average molecular weight is 426 g/mol. The number of benzene rings is 2. The van der Waals surface area contributed by atoms with Gasteiger partial charge in [-0.05, 0) is 54.0 Å². The van der Waals surface area contributed by atoms with Gasteiger partial charge in [0.15, 0.2) is 0 Å². The Hall–Kier alpha value is -3.24. The molecule has 0 aliphatic heterocycles. The van der Waals surface area contributed by atoms with Crippen molar-refractivity contribution in [3.63, 3.8) is 0 Å². The lowest BCUT2D eigenvalue weighted by molar-refractivity contribution is 0.590. The molecule has 0 unspecified atom stereocenters. The van der Waals surface area contributed by atoms with Gasteiger partial charge in [-0.1, -0.05) is 26.0 Å². The van der Waals surface area contributed by atoms with Crippen molar-refractivity contribution in [2.75, 3.05) is 6.26 Å². The summed E-state index contributed by atoms with van der Waals surface area (Å²) in [5.41, 5.74) is 2.97. The van der Waals surface area contributed by atoms with Crippen molar-refractivity contribution < 1.29 is 17.2 Å². The number of halogens is 2. The molecule has 3 aromatic rings. The van der Waals surface area contributed by atoms with E-state index in [2.05, 4.69) is 0 Å². The van der Waals surface area contributed by atoms with E-state index in [-0.39, 0.29) is 5.92 Å². The van der Waals surface area contributed by atoms with Crippen LogP contribution >= 0.6 is 0 Å². The van der Waals surface area contributed by atoms with Crippen LogP contribution in [0.3, 0.4) is 0 Å². The fourth-order valence-electron chi connectivity index (χ4n) is 3.54. The monoisotopic (exact) mass is 426 g/mol. The summed E-state index contributed by atoms with van der Waals surface area (Å²) >= 11 is 0. The highest BCUT2D eigenvalue weighted by atomic mass is 32.2. The first-order valence-electron chi connectivity index (χ1n) is 9.22. The zero-order chi connectivity index (χ0) is 22.1. The van der Waals surface area contributed by atoms with E-state index in [1.54, 1.807) is 18.2 Å². The van der Waals surface area contributed by atoms with Gasteiger partial charge in [-0.2, -0.15) is 5.26 Å². The summed E-state index contributed by atoms with van der Waals surface area (Å²) < 4.78 is 54.2. The molecule has 1 aromatic heterocycles. The minimum absolute atomic E-state index is 0.216. The van der Waals surface area contributed by atoms with Gasteiger partial charge in [0.2, 0.25) is 10.0 Å². The second-order valence-electron chi connectivity index (χ2n) is 7.18. The number of nitrogens with zero attached hydrogens (tertiary/aromatic N) is 2. The van der Waals surface area contributed by atoms with Crippen LogP contribution < -0.4 is 0 Å². The number of hydrogen-bond acceptors (Lipinski definition) is 3. The first-order chi connectivity index (χ1) is 14.1. The number of nitriles is 1. The molecule has 7 heteroatoms. The Balaban J connectivity index is 2.57. The van der Waals surface area contributed by atoms with Crippen LogP contribution in [0.4, 0.5) is 8.78 Å². The Kier molecular flexibility index (Phi) is 5.90. The van der Waals surface area contributed by atoms with Gasteiger partial charge in [0, 0.05) is 28.5 Å². The minimum Gasteiger partial charge on any atom is -0.241 e. The maximum atomic E-state index is 13.6. The van der Waals surface area contributed by atoms with Crippen molar-refractivity contribution in [2.45, 2.75) is 19.8 Å². The highest BCUT2D eigenvalue weighted by Gasteiger charge is 2.29. The van der Waals surface area contributed by atoms with E-state index in [9.17, 15) is 17.2 Å². The Labute approximate surface area is 174 Å². The lowest BCUT2D eigenvalue weighted by atomic mass is 9.94. The molecule has 30 heavy (non-hydrogen) atoms. The van der Waals surface area contributed by atoms with Crippen molar-refractivity contribution in [3.8, 4) is 28.5 Å². The summed E-state index contributed by atoms with van der Waals surface area (Å²) in [7, 11) is -3.78. The van der Waals surface area contributed by atoms with Gasteiger partial charge in [0.25, 0.3) is 0 Å². The molecule has 154 valence electrons. The van der Waals surface area contributed by atoms with Crippen molar-refractivity contribution in [1.82, 2.24) is 3.97 Å². The van der Waals surface area contributed by atoms with E-state index in [4.69, 9.17) is 5.26 Å². The van der Waals surface area contributed by atoms with Crippen LogP contribution in [0.2, 0.25) is 0 Å². The second kappa shape index (κ2) is 8.25. The molecule has 0 saturated carbocycles. The first kappa shape index (κ1) is 21.5. The average Bonchev–Trinajstić information content (AvgIpc) is 3.03. The SMILES string of the molecule is CC(C)c1c(/C=C/C#N)c(-c2ccc(F)cc2)c(-c2ccc(F)cc2)n1S(C)(=O)=O. The predicted molar refractivity (Wildman–Crippen MR) is 114 cm³/mol. The summed E-state index contributed by atoms with van der Waals surface area (Å²) in [5.74, 6) is -1.09. The van der Waals surface area contributed by atoms with Crippen molar-refractivity contribution in [3.05, 3.63) is 77.5 Å². The third-order valence-electron chi connectivity index (χ3n) is 4.66. The fourth-order valence-corrected chi connectivity index (χ4v) is 4.74. The summed E-state index contributed by atoms with van der Waals surface area (Å²) in [4.78, 5) is 0. The van der Waals surface area contributed by atoms with Gasteiger partial charge in [-0.25, -0.2) is 21.2 Å². The third-order valence-corrected chi connectivity index (χ3v) is 5.70. The molecular weight excluding hydrogens is 406 g/mol. The maximum absolute atomic E-state index is 13.6. The fraction of sp³-hybridized carbons (Fsp3) is 0.174. The van der Waals surface area contributed by atoms with Crippen LogP contribution in [0.15, 0.2) is 54.6 Å². The summed E-state index contributed by atoms with van der Waals surface area (Å²) in [6.45, 7) is 3.70. The Morgan fingerprint density at radius 1 is 0.967 bits per heavy atom. The van der Waals surface area contributed by atoms with Crippen molar-refractivity contribution in [1.29, 1.82) is 5.26 Å². The van der Waals surface area contributed by atoms with E-state index in [0.717, 1.165) is 6.26 Å². The molecule has 0 radical (unpaired) electrons. The number of hydrogen-bond donors (Lipinski definition) is 0. The Morgan fingerprint density at radius 2 is 1.47 bits per heavy atom. The van der Waals surface area contributed by atoms with Crippen LogP contribution in [0.25, 0.3) is 28.5 Å². The van der Waals surface area contributed by atoms with E-state index in [1.165, 1.54) is 46.4 Å². The molecule has 0 N–H and O–H groups in total.